The van der Waals surface area contributed by atoms with Crippen molar-refractivity contribution in [2.75, 3.05) is 18.4 Å². The molecule has 0 spiro atoms. The van der Waals surface area contributed by atoms with Gasteiger partial charge in [-0.3, -0.25) is 9.78 Å². The first-order valence-corrected chi connectivity index (χ1v) is 9.55. The van der Waals surface area contributed by atoms with Gasteiger partial charge in [0.15, 0.2) is 5.82 Å². The van der Waals surface area contributed by atoms with Crippen molar-refractivity contribution in [1.29, 1.82) is 0 Å². The smallest absolute Gasteiger partial charge is 0.219 e. The predicted molar refractivity (Wildman–Crippen MR) is 109 cm³/mol. The van der Waals surface area contributed by atoms with E-state index in [1.165, 1.54) is 5.56 Å². The molecule has 0 atom stereocenters. The molecule has 6 heteroatoms. The second kappa shape index (κ2) is 8.17. The van der Waals surface area contributed by atoms with Gasteiger partial charge in [-0.2, -0.15) is 0 Å². The van der Waals surface area contributed by atoms with Crippen molar-refractivity contribution in [3.8, 4) is 11.5 Å². The summed E-state index contributed by atoms with van der Waals surface area (Å²) in [5.41, 5.74) is 4.02. The predicted octanol–water partition coefficient (Wildman–Crippen LogP) is 3.10. The van der Waals surface area contributed by atoms with E-state index in [1.54, 1.807) is 13.1 Å². The van der Waals surface area contributed by atoms with Crippen LogP contribution < -0.4 is 5.32 Å². The number of anilines is 1. The third kappa shape index (κ3) is 4.01. The van der Waals surface area contributed by atoms with Crippen LogP contribution in [-0.2, 0) is 24.2 Å². The lowest BCUT2D eigenvalue weighted by Crippen LogP contribution is -2.35. The Hall–Kier alpha value is -3.28. The van der Waals surface area contributed by atoms with Gasteiger partial charge in [0.1, 0.15) is 11.5 Å². The number of pyridine rings is 1. The molecule has 3 aromatic rings. The highest BCUT2D eigenvalue weighted by Gasteiger charge is 2.24. The fraction of sp³-hybridized carbons (Fsp3) is 0.273. The molecule has 0 saturated carbocycles. The Kier molecular flexibility index (Phi) is 5.28. The SMILES string of the molecule is CC(=O)N1CCc2c(nc(-c3ccccn3)nc2NCCc2ccccc2)C1. The molecule has 1 aliphatic rings. The number of nitrogens with one attached hydrogen (secondary N) is 1. The van der Waals surface area contributed by atoms with Gasteiger partial charge in [-0.1, -0.05) is 36.4 Å². The fourth-order valence-corrected chi connectivity index (χ4v) is 3.42. The van der Waals surface area contributed by atoms with Crippen molar-refractivity contribution >= 4 is 11.7 Å². The Labute approximate surface area is 164 Å². The summed E-state index contributed by atoms with van der Waals surface area (Å²) in [5.74, 6) is 1.51. The number of nitrogens with zero attached hydrogens (tertiary/aromatic N) is 4. The normalized spacial score (nSPS) is 13.1. The molecule has 0 fully saturated rings. The number of hydrogen-bond donors (Lipinski definition) is 1. The van der Waals surface area contributed by atoms with Crippen molar-refractivity contribution in [2.24, 2.45) is 0 Å². The molecular formula is C22H23N5O. The number of fused-ring (bicyclic) bond motifs is 1. The maximum atomic E-state index is 11.8. The molecule has 0 radical (unpaired) electrons. The minimum absolute atomic E-state index is 0.0715. The lowest BCUT2D eigenvalue weighted by atomic mass is 10.0. The molecule has 3 heterocycles. The van der Waals surface area contributed by atoms with Crippen molar-refractivity contribution in [1.82, 2.24) is 19.9 Å². The number of carbonyl (C=O) groups excluding carboxylic acids is 1. The van der Waals surface area contributed by atoms with E-state index in [4.69, 9.17) is 9.97 Å². The third-order valence-corrected chi connectivity index (χ3v) is 4.95. The summed E-state index contributed by atoms with van der Waals surface area (Å²) >= 11 is 0. The van der Waals surface area contributed by atoms with Crippen LogP contribution in [-0.4, -0.2) is 38.8 Å². The van der Waals surface area contributed by atoms with Gasteiger partial charge in [-0.05, 0) is 30.5 Å². The second-order valence-corrected chi connectivity index (χ2v) is 6.89. The summed E-state index contributed by atoms with van der Waals surface area (Å²) < 4.78 is 0. The number of hydrogen-bond acceptors (Lipinski definition) is 5. The molecule has 1 amide bonds. The molecule has 6 nitrogen and oxygen atoms in total. The van der Waals surface area contributed by atoms with Gasteiger partial charge in [0.05, 0.1) is 12.2 Å². The summed E-state index contributed by atoms with van der Waals surface area (Å²) in [6, 6.07) is 16.1. The van der Waals surface area contributed by atoms with E-state index >= 15 is 0 Å². The van der Waals surface area contributed by atoms with E-state index in [9.17, 15) is 4.79 Å². The van der Waals surface area contributed by atoms with E-state index in [2.05, 4.69) is 34.6 Å². The summed E-state index contributed by atoms with van der Waals surface area (Å²) in [6.07, 6.45) is 3.41. The highest BCUT2D eigenvalue weighted by Crippen LogP contribution is 2.26. The Balaban J connectivity index is 1.62. The molecule has 0 aliphatic carbocycles. The molecule has 0 unspecified atom stereocenters. The maximum Gasteiger partial charge on any atom is 0.219 e. The number of amides is 1. The maximum absolute atomic E-state index is 11.8. The Morgan fingerprint density at radius 3 is 2.68 bits per heavy atom. The fourth-order valence-electron chi connectivity index (χ4n) is 3.42. The molecule has 4 rings (SSSR count). The second-order valence-electron chi connectivity index (χ2n) is 6.89. The Morgan fingerprint density at radius 2 is 1.93 bits per heavy atom. The molecular weight excluding hydrogens is 350 g/mol. The first-order valence-electron chi connectivity index (χ1n) is 9.55. The Bertz CT molecular complexity index is 959. The minimum atomic E-state index is 0.0715. The van der Waals surface area contributed by atoms with E-state index in [0.717, 1.165) is 42.2 Å². The van der Waals surface area contributed by atoms with Crippen LogP contribution in [0.15, 0.2) is 54.7 Å². The van der Waals surface area contributed by atoms with Gasteiger partial charge in [-0.15, -0.1) is 0 Å². The zero-order chi connectivity index (χ0) is 19.3. The quantitative estimate of drug-likeness (QED) is 0.744. The van der Waals surface area contributed by atoms with Crippen LogP contribution in [0, 0.1) is 0 Å². The van der Waals surface area contributed by atoms with Crippen molar-refractivity contribution in [3.63, 3.8) is 0 Å². The average molecular weight is 373 g/mol. The Morgan fingerprint density at radius 1 is 1.11 bits per heavy atom. The largest absolute Gasteiger partial charge is 0.369 e. The highest BCUT2D eigenvalue weighted by molar-refractivity contribution is 5.74. The summed E-state index contributed by atoms with van der Waals surface area (Å²) in [7, 11) is 0. The van der Waals surface area contributed by atoms with Gasteiger partial charge in [0.25, 0.3) is 0 Å². The monoisotopic (exact) mass is 373 g/mol. The number of benzene rings is 1. The van der Waals surface area contributed by atoms with Crippen LogP contribution in [0.2, 0.25) is 0 Å². The molecule has 0 saturated heterocycles. The zero-order valence-electron chi connectivity index (χ0n) is 15.9. The summed E-state index contributed by atoms with van der Waals surface area (Å²) in [5, 5.41) is 3.49. The first kappa shape index (κ1) is 18.1. The van der Waals surface area contributed by atoms with Crippen LogP contribution >= 0.6 is 0 Å². The van der Waals surface area contributed by atoms with Gasteiger partial charge in [0.2, 0.25) is 5.91 Å². The lowest BCUT2D eigenvalue weighted by molar-refractivity contribution is -0.129. The van der Waals surface area contributed by atoms with E-state index < -0.39 is 0 Å². The van der Waals surface area contributed by atoms with E-state index in [0.29, 0.717) is 18.9 Å². The lowest BCUT2D eigenvalue weighted by Gasteiger charge is -2.28. The molecule has 1 aromatic carbocycles. The van der Waals surface area contributed by atoms with Gasteiger partial charge in [-0.25, -0.2) is 9.97 Å². The summed E-state index contributed by atoms with van der Waals surface area (Å²) in [6.45, 7) is 3.60. The molecule has 1 N–H and O–H groups in total. The van der Waals surface area contributed by atoms with Crippen molar-refractivity contribution in [2.45, 2.75) is 26.3 Å². The van der Waals surface area contributed by atoms with Crippen LogP contribution in [0.1, 0.15) is 23.7 Å². The molecule has 142 valence electrons. The van der Waals surface area contributed by atoms with E-state index in [1.807, 2.05) is 29.2 Å². The van der Waals surface area contributed by atoms with Crippen LogP contribution in [0.4, 0.5) is 5.82 Å². The topological polar surface area (TPSA) is 71.0 Å². The standard InChI is InChI=1S/C22H23N5O/c1-16(28)27-14-11-18-20(15-27)25-22(19-9-5-6-12-23-19)26-21(18)24-13-10-17-7-3-2-4-8-17/h2-9,12H,10-11,13-15H2,1H3,(H,24,25,26). The summed E-state index contributed by atoms with van der Waals surface area (Å²) in [4.78, 5) is 27.5. The highest BCUT2D eigenvalue weighted by atomic mass is 16.2. The third-order valence-electron chi connectivity index (χ3n) is 4.95. The number of carbonyl (C=O) groups is 1. The molecule has 0 bridgehead atoms. The molecule has 28 heavy (non-hydrogen) atoms. The van der Waals surface area contributed by atoms with Gasteiger partial charge in [0, 0.05) is 31.8 Å². The van der Waals surface area contributed by atoms with Crippen LogP contribution in [0.5, 0.6) is 0 Å². The average Bonchev–Trinajstić information content (AvgIpc) is 2.74. The van der Waals surface area contributed by atoms with E-state index in [-0.39, 0.29) is 5.91 Å². The first-order chi connectivity index (χ1) is 13.7. The molecule has 1 aliphatic heterocycles. The van der Waals surface area contributed by atoms with Crippen molar-refractivity contribution < 1.29 is 4.79 Å². The van der Waals surface area contributed by atoms with Crippen molar-refractivity contribution in [3.05, 3.63) is 71.5 Å². The molecule has 2 aromatic heterocycles. The number of rotatable bonds is 5. The minimum Gasteiger partial charge on any atom is -0.369 e. The van der Waals surface area contributed by atoms with Gasteiger partial charge < -0.3 is 10.2 Å². The van der Waals surface area contributed by atoms with Gasteiger partial charge >= 0.3 is 0 Å². The zero-order valence-corrected chi connectivity index (χ0v) is 15.9. The van der Waals surface area contributed by atoms with Crippen LogP contribution in [0.25, 0.3) is 11.5 Å². The van der Waals surface area contributed by atoms with Crippen LogP contribution in [0.3, 0.4) is 0 Å². The number of aromatic nitrogens is 3.